The largest absolute Gasteiger partial charge is 0.370 e. The summed E-state index contributed by atoms with van der Waals surface area (Å²) < 4.78 is 22.3. The zero-order valence-electron chi connectivity index (χ0n) is 8.81. The van der Waals surface area contributed by atoms with E-state index in [9.17, 15) is 13.2 Å². The lowest BCUT2D eigenvalue weighted by Gasteiger charge is -2.06. The maximum Gasteiger partial charge on any atom is 0.257 e. The number of nitrogens with one attached hydrogen (secondary N) is 2. The number of carbonyl (C=O) groups is 1. The molecule has 100 valence electrons. The van der Waals surface area contributed by atoms with Crippen LogP contribution in [0.15, 0.2) is 23.1 Å². The van der Waals surface area contributed by atoms with Crippen LogP contribution >= 0.6 is 24.0 Å². The quantitative estimate of drug-likeness (QED) is 0.452. The van der Waals surface area contributed by atoms with E-state index < -0.39 is 21.9 Å². The second kappa shape index (κ2) is 6.01. The smallest absolute Gasteiger partial charge is 0.257 e. The summed E-state index contributed by atoms with van der Waals surface area (Å²) in [5, 5.41) is 13.7. The Bertz CT molecular complexity index is 588. The summed E-state index contributed by atoms with van der Waals surface area (Å²) in [7, 11) is -4.01. The predicted molar refractivity (Wildman–Crippen MR) is 69.5 cm³/mol. The minimum absolute atomic E-state index is 0. The molecule has 1 amide bonds. The Hall–Kier alpha value is -1.35. The topological polar surface area (TPSA) is 139 Å². The number of hydrogen-bond acceptors (Lipinski definition) is 4. The van der Waals surface area contributed by atoms with E-state index in [1.54, 1.807) is 0 Å². The summed E-state index contributed by atoms with van der Waals surface area (Å²) in [6, 6.07) is 3.52. The van der Waals surface area contributed by atoms with Crippen molar-refractivity contribution in [2.75, 3.05) is 0 Å². The van der Waals surface area contributed by atoms with Gasteiger partial charge in [-0.25, -0.2) is 13.6 Å². The van der Waals surface area contributed by atoms with E-state index in [0.717, 1.165) is 6.07 Å². The van der Waals surface area contributed by atoms with Gasteiger partial charge in [-0.15, -0.1) is 12.4 Å². The number of carbonyl (C=O) groups excluding carboxylic acids is 1. The SMILES string of the molecule is Cl.N=C(N)NC(=O)c1ccc(Cl)c(S(N)(=O)=O)c1. The molecule has 0 atom stereocenters. The fourth-order valence-corrected chi connectivity index (χ4v) is 2.13. The lowest BCUT2D eigenvalue weighted by Crippen LogP contribution is -2.35. The average molecular weight is 313 g/mol. The Morgan fingerprint density at radius 1 is 1.39 bits per heavy atom. The molecule has 0 unspecified atom stereocenters. The van der Waals surface area contributed by atoms with Gasteiger partial charge in [-0.05, 0) is 18.2 Å². The van der Waals surface area contributed by atoms with Gasteiger partial charge in [0.15, 0.2) is 5.96 Å². The Balaban J connectivity index is 0.00000289. The Morgan fingerprint density at radius 3 is 2.39 bits per heavy atom. The third kappa shape index (κ3) is 4.15. The molecular formula is C8H10Cl2N4O3S. The Kier molecular flexibility index (Phi) is 5.55. The first-order valence-corrected chi connectivity index (χ1v) is 6.12. The van der Waals surface area contributed by atoms with Crippen LogP contribution < -0.4 is 16.2 Å². The monoisotopic (exact) mass is 312 g/mol. The maximum absolute atomic E-state index is 11.4. The van der Waals surface area contributed by atoms with Crippen LogP contribution in [0, 0.1) is 5.41 Å². The van der Waals surface area contributed by atoms with Crippen molar-refractivity contribution in [3.05, 3.63) is 28.8 Å². The number of amides is 1. The van der Waals surface area contributed by atoms with Crippen molar-refractivity contribution >= 4 is 45.9 Å². The molecule has 10 heteroatoms. The molecule has 0 spiro atoms. The molecule has 18 heavy (non-hydrogen) atoms. The molecule has 0 fully saturated rings. The van der Waals surface area contributed by atoms with Crippen molar-refractivity contribution in [2.24, 2.45) is 10.9 Å². The zero-order chi connectivity index (χ0) is 13.2. The molecule has 0 heterocycles. The van der Waals surface area contributed by atoms with Gasteiger partial charge in [-0.2, -0.15) is 0 Å². The highest BCUT2D eigenvalue weighted by molar-refractivity contribution is 7.89. The van der Waals surface area contributed by atoms with Crippen LogP contribution in [0.3, 0.4) is 0 Å². The number of nitrogens with two attached hydrogens (primary N) is 2. The first kappa shape index (κ1) is 16.6. The second-order valence-electron chi connectivity index (χ2n) is 3.06. The van der Waals surface area contributed by atoms with Crippen molar-refractivity contribution < 1.29 is 13.2 Å². The molecule has 1 aromatic rings. The van der Waals surface area contributed by atoms with E-state index in [1.807, 2.05) is 5.32 Å². The van der Waals surface area contributed by atoms with Gasteiger partial charge in [0.25, 0.3) is 5.91 Å². The molecular weight excluding hydrogens is 303 g/mol. The molecule has 6 N–H and O–H groups in total. The molecule has 0 aliphatic rings. The molecule has 7 nitrogen and oxygen atoms in total. The molecule has 0 saturated heterocycles. The Labute approximate surface area is 114 Å². The number of guanidine groups is 1. The van der Waals surface area contributed by atoms with Gasteiger partial charge in [0.1, 0.15) is 4.90 Å². The fraction of sp³-hybridized carbons (Fsp3) is 0. The normalized spacial score (nSPS) is 10.3. The fourth-order valence-electron chi connectivity index (χ4n) is 1.06. The molecule has 0 aromatic heterocycles. The number of sulfonamides is 1. The van der Waals surface area contributed by atoms with Crippen LogP contribution in [0.5, 0.6) is 0 Å². The van der Waals surface area contributed by atoms with Gasteiger partial charge >= 0.3 is 0 Å². The Morgan fingerprint density at radius 2 is 1.94 bits per heavy atom. The lowest BCUT2D eigenvalue weighted by molar-refractivity contribution is 0.0976. The number of halogens is 2. The van der Waals surface area contributed by atoms with Crippen LogP contribution in [0.25, 0.3) is 0 Å². The maximum atomic E-state index is 11.4. The second-order valence-corrected chi connectivity index (χ2v) is 5.00. The first-order valence-electron chi connectivity index (χ1n) is 4.19. The van der Waals surface area contributed by atoms with Gasteiger partial charge in [-0.1, -0.05) is 11.6 Å². The number of rotatable bonds is 2. The van der Waals surface area contributed by atoms with Crippen LogP contribution in [-0.4, -0.2) is 20.3 Å². The third-order valence-electron chi connectivity index (χ3n) is 1.75. The molecule has 0 radical (unpaired) electrons. The standard InChI is InChI=1S/C8H9ClN4O3S.ClH/c9-5-2-1-4(7(14)13-8(10)11)3-6(5)17(12,15)16;/h1-3H,(H2,12,15,16)(H4,10,11,13,14);1H. The minimum atomic E-state index is -4.01. The van der Waals surface area contributed by atoms with E-state index >= 15 is 0 Å². The summed E-state index contributed by atoms with van der Waals surface area (Å²) in [5.74, 6) is -1.28. The summed E-state index contributed by atoms with van der Waals surface area (Å²) in [4.78, 5) is 11.1. The van der Waals surface area contributed by atoms with Crippen LogP contribution in [-0.2, 0) is 10.0 Å². The van der Waals surface area contributed by atoms with Crippen molar-refractivity contribution in [2.45, 2.75) is 4.90 Å². The number of benzene rings is 1. The summed E-state index contributed by atoms with van der Waals surface area (Å²) in [6.45, 7) is 0. The first-order chi connectivity index (χ1) is 7.71. The van der Waals surface area contributed by atoms with Gasteiger partial charge in [0.05, 0.1) is 5.02 Å². The van der Waals surface area contributed by atoms with Gasteiger partial charge in [0.2, 0.25) is 10.0 Å². The van der Waals surface area contributed by atoms with E-state index in [4.69, 9.17) is 27.9 Å². The van der Waals surface area contributed by atoms with Crippen molar-refractivity contribution in [3.8, 4) is 0 Å². The highest BCUT2D eigenvalue weighted by atomic mass is 35.5. The van der Waals surface area contributed by atoms with Gasteiger partial charge < -0.3 is 5.73 Å². The number of hydrogen-bond donors (Lipinski definition) is 4. The van der Waals surface area contributed by atoms with E-state index in [0.29, 0.717) is 0 Å². The van der Waals surface area contributed by atoms with E-state index in [2.05, 4.69) is 0 Å². The van der Waals surface area contributed by atoms with Crippen molar-refractivity contribution in [1.82, 2.24) is 5.32 Å². The molecule has 0 aliphatic heterocycles. The van der Waals surface area contributed by atoms with Crippen LogP contribution in [0.4, 0.5) is 0 Å². The van der Waals surface area contributed by atoms with E-state index in [-0.39, 0.29) is 27.9 Å². The van der Waals surface area contributed by atoms with Crippen LogP contribution in [0.1, 0.15) is 10.4 Å². The van der Waals surface area contributed by atoms with E-state index in [1.165, 1.54) is 12.1 Å². The van der Waals surface area contributed by atoms with Gasteiger partial charge in [0, 0.05) is 5.56 Å². The summed E-state index contributed by atoms with van der Waals surface area (Å²) >= 11 is 5.63. The summed E-state index contributed by atoms with van der Waals surface area (Å²) in [5.41, 5.74) is 4.95. The third-order valence-corrected chi connectivity index (χ3v) is 3.14. The molecule has 1 rings (SSSR count). The van der Waals surface area contributed by atoms with Crippen molar-refractivity contribution in [3.63, 3.8) is 0 Å². The molecule has 0 bridgehead atoms. The lowest BCUT2D eigenvalue weighted by atomic mass is 10.2. The molecule has 0 aliphatic carbocycles. The average Bonchev–Trinajstić information content (AvgIpc) is 2.15. The number of primary sulfonamides is 1. The van der Waals surface area contributed by atoms with Crippen LogP contribution in [0.2, 0.25) is 5.02 Å². The molecule has 1 aromatic carbocycles. The summed E-state index contributed by atoms with van der Waals surface area (Å²) in [6.07, 6.45) is 0. The highest BCUT2D eigenvalue weighted by Gasteiger charge is 2.16. The highest BCUT2D eigenvalue weighted by Crippen LogP contribution is 2.21. The van der Waals surface area contributed by atoms with Gasteiger partial charge in [-0.3, -0.25) is 15.5 Å². The molecule has 0 saturated carbocycles. The minimum Gasteiger partial charge on any atom is -0.370 e. The van der Waals surface area contributed by atoms with Crippen molar-refractivity contribution in [1.29, 1.82) is 5.41 Å². The zero-order valence-corrected chi connectivity index (χ0v) is 11.2. The predicted octanol–water partition coefficient (Wildman–Crippen LogP) is 0.0325.